The molecule has 5 nitrogen and oxygen atoms in total. The summed E-state index contributed by atoms with van der Waals surface area (Å²) < 4.78 is 8.49. The molecule has 0 aromatic carbocycles. The SMILES string of the molecule is CCCCc1cn(C(C)(C)C)sc1=NC(=O)C1=CC(=O)CC(C)(C)O1. The Morgan fingerprint density at radius 1 is 1.40 bits per heavy atom. The summed E-state index contributed by atoms with van der Waals surface area (Å²) in [5.74, 6) is -0.544. The van der Waals surface area contributed by atoms with Crippen LogP contribution in [0.15, 0.2) is 23.0 Å². The largest absolute Gasteiger partial charge is 0.481 e. The Labute approximate surface area is 153 Å². The smallest absolute Gasteiger partial charge is 0.313 e. The van der Waals surface area contributed by atoms with Crippen molar-refractivity contribution in [2.75, 3.05) is 0 Å². The van der Waals surface area contributed by atoms with Crippen molar-refractivity contribution in [3.05, 3.63) is 28.3 Å². The highest BCUT2D eigenvalue weighted by Gasteiger charge is 2.31. The first-order valence-corrected chi connectivity index (χ1v) is 9.54. The maximum atomic E-state index is 12.6. The fourth-order valence-corrected chi connectivity index (χ4v) is 3.61. The minimum atomic E-state index is -0.668. The fraction of sp³-hybridized carbons (Fsp3) is 0.632. The Kier molecular flexibility index (Phi) is 5.72. The molecule has 0 saturated carbocycles. The second kappa shape index (κ2) is 7.28. The molecule has 0 radical (unpaired) electrons. The van der Waals surface area contributed by atoms with Gasteiger partial charge in [0.05, 0.1) is 0 Å². The van der Waals surface area contributed by atoms with E-state index in [1.54, 1.807) is 13.8 Å². The quantitative estimate of drug-likeness (QED) is 0.818. The van der Waals surface area contributed by atoms with E-state index in [9.17, 15) is 9.59 Å². The molecule has 1 amide bonds. The van der Waals surface area contributed by atoms with E-state index in [-0.39, 0.29) is 23.5 Å². The van der Waals surface area contributed by atoms with Crippen LogP contribution in [0.2, 0.25) is 0 Å². The van der Waals surface area contributed by atoms with Crippen LogP contribution in [0.3, 0.4) is 0 Å². The first-order valence-electron chi connectivity index (χ1n) is 8.77. The lowest BCUT2D eigenvalue weighted by molar-refractivity contribution is -0.129. The van der Waals surface area contributed by atoms with E-state index >= 15 is 0 Å². The average Bonchev–Trinajstić information content (AvgIpc) is 2.86. The van der Waals surface area contributed by atoms with Crippen LogP contribution in [0.4, 0.5) is 0 Å². The van der Waals surface area contributed by atoms with Gasteiger partial charge in [-0.3, -0.25) is 13.5 Å². The number of nitrogens with zero attached hydrogens (tertiary/aromatic N) is 2. The molecule has 0 bridgehead atoms. The van der Waals surface area contributed by atoms with Crippen LogP contribution in [0.1, 0.15) is 66.4 Å². The zero-order valence-corrected chi connectivity index (χ0v) is 16.8. The van der Waals surface area contributed by atoms with Crippen LogP contribution in [0.25, 0.3) is 0 Å². The van der Waals surface area contributed by atoms with Crippen molar-refractivity contribution in [2.24, 2.45) is 4.99 Å². The summed E-state index contributed by atoms with van der Waals surface area (Å²) in [6.45, 7) is 12.1. The van der Waals surface area contributed by atoms with E-state index in [1.807, 2.05) is 0 Å². The second-order valence-corrected chi connectivity index (χ2v) is 9.04. The topological polar surface area (TPSA) is 60.7 Å². The highest BCUT2D eigenvalue weighted by molar-refractivity contribution is 7.04. The van der Waals surface area contributed by atoms with Gasteiger partial charge in [-0.2, -0.15) is 4.99 Å². The molecule has 2 rings (SSSR count). The predicted molar refractivity (Wildman–Crippen MR) is 99.4 cm³/mol. The summed E-state index contributed by atoms with van der Waals surface area (Å²) >= 11 is 1.47. The Bertz CT molecular complexity index is 760. The molecule has 25 heavy (non-hydrogen) atoms. The standard InChI is InChI=1S/C19H28N2O3S/c1-7-8-9-13-12-21(18(2,3)4)25-17(13)20-16(23)15-10-14(22)11-19(5,6)24-15/h10,12H,7-9,11H2,1-6H3. The lowest BCUT2D eigenvalue weighted by Crippen LogP contribution is -2.33. The van der Waals surface area contributed by atoms with Crippen LogP contribution in [-0.2, 0) is 26.3 Å². The number of carbonyl (C=O) groups is 2. The van der Waals surface area contributed by atoms with Gasteiger partial charge in [-0.15, -0.1) is 0 Å². The number of aromatic nitrogens is 1. The average molecular weight is 365 g/mol. The van der Waals surface area contributed by atoms with Gasteiger partial charge in [0.1, 0.15) is 10.3 Å². The lowest BCUT2D eigenvalue weighted by Gasteiger charge is -2.28. The van der Waals surface area contributed by atoms with Gasteiger partial charge in [0, 0.05) is 29.8 Å². The molecule has 0 spiro atoms. The molecule has 1 aliphatic rings. The van der Waals surface area contributed by atoms with E-state index in [4.69, 9.17) is 4.74 Å². The summed E-state index contributed by atoms with van der Waals surface area (Å²) in [6, 6.07) is 0. The maximum absolute atomic E-state index is 12.6. The minimum Gasteiger partial charge on any atom is -0.481 e. The zero-order valence-electron chi connectivity index (χ0n) is 16.0. The van der Waals surface area contributed by atoms with Crippen LogP contribution in [0.5, 0.6) is 0 Å². The van der Waals surface area contributed by atoms with E-state index in [1.165, 1.54) is 17.6 Å². The molecule has 2 heterocycles. The van der Waals surface area contributed by atoms with E-state index in [0.717, 1.165) is 24.8 Å². The summed E-state index contributed by atoms with van der Waals surface area (Å²) in [6.07, 6.45) is 6.63. The molecule has 0 N–H and O–H groups in total. The Morgan fingerprint density at radius 3 is 2.64 bits per heavy atom. The van der Waals surface area contributed by atoms with Gasteiger partial charge in [0.25, 0.3) is 0 Å². The number of amides is 1. The van der Waals surface area contributed by atoms with Gasteiger partial charge < -0.3 is 4.74 Å². The van der Waals surface area contributed by atoms with Gasteiger partial charge >= 0.3 is 5.91 Å². The third-order valence-corrected chi connectivity index (χ3v) is 5.26. The zero-order chi connectivity index (χ0) is 18.8. The first-order chi connectivity index (χ1) is 11.5. The molecule has 1 aromatic rings. The molecule has 0 unspecified atom stereocenters. The number of ketones is 1. The first kappa shape index (κ1) is 19.6. The van der Waals surface area contributed by atoms with Crippen molar-refractivity contribution in [1.29, 1.82) is 0 Å². The summed E-state index contributed by atoms with van der Waals surface area (Å²) in [5, 5.41) is 0. The molecule has 0 atom stereocenters. The molecule has 1 aromatic heterocycles. The Morgan fingerprint density at radius 2 is 2.08 bits per heavy atom. The number of aryl methyl sites for hydroxylation is 1. The van der Waals surface area contributed by atoms with Crippen LogP contribution in [-0.4, -0.2) is 21.2 Å². The van der Waals surface area contributed by atoms with Crippen molar-refractivity contribution < 1.29 is 14.3 Å². The Hall–Kier alpha value is -1.69. The lowest BCUT2D eigenvalue weighted by atomic mass is 9.98. The highest BCUT2D eigenvalue weighted by atomic mass is 32.1. The van der Waals surface area contributed by atoms with E-state index < -0.39 is 11.5 Å². The molecule has 0 saturated heterocycles. The predicted octanol–water partition coefficient (Wildman–Crippen LogP) is 3.73. The van der Waals surface area contributed by atoms with Gasteiger partial charge in [0.2, 0.25) is 0 Å². The molecule has 1 aliphatic heterocycles. The number of carbonyl (C=O) groups excluding carboxylic acids is 2. The van der Waals surface area contributed by atoms with E-state index in [2.05, 4.69) is 42.8 Å². The highest BCUT2D eigenvalue weighted by Crippen LogP contribution is 2.25. The molecule has 0 fully saturated rings. The maximum Gasteiger partial charge on any atom is 0.313 e. The Balaban J connectivity index is 2.40. The van der Waals surface area contributed by atoms with Crippen molar-refractivity contribution in [2.45, 2.75) is 78.4 Å². The minimum absolute atomic E-state index is 0.0402. The van der Waals surface area contributed by atoms with Crippen molar-refractivity contribution in [3.63, 3.8) is 0 Å². The summed E-state index contributed by atoms with van der Waals surface area (Å²) in [5.41, 5.74) is 0.330. The monoisotopic (exact) mass is 364 g/mol. The number of ether oxygens (including phenoxy) is 1. The molecule has 0 aliphatic carbocycles. The molecular weight excluding hydrogens is 336 g/mol. The van der Waals surface area contributed by atoms with Crippen LogP contribution >= 0.6 is 11.5 Å². The van der Waals surface area contributed by atoms with E-state index in [0.29, 0.717) is 4.67 Å². The summed E-state index contributed by atoms with van der Waals surface area (Å²) in [4.78, 5) is 28.7. The van der Waals surface area contributed by atoms with Crippen molar-refractivity contribution in [3.8, 4) is 0 Å². The van der Waals surface area contributed by atoms with Crippen molar-refractivity contribution in [1.82, 2.24) is 3.96 Å². The summed E-state index contributed by atoms with van der Waals surface area (Å²) in [7, 11) is 0. The van der Waals surface area contributed by atoms with Gasteiger partial charge in [-0.25, -0.2) is 0 Å². The number of unbranched alkanes of at least 4 members (excludes halogenated alkanes) is 1. The fourth-order valence-electron chi connectivity index (χ4n) is 2.57. The van der Waals surface area contributed by atoms with Gasteiger partial charge in [-0.05, 0) is 59.0 Å². The normalized spacial score (nSPS) is 18.1. The molecule has 138 valence electrons. The van der Waals surface area contributed by atoms with Crippen molar-refractivity contribution >= 4 is 23.2 Å². The number of hydrogen-bond donors (Lipinski definition) is 0. The third-order valence-electron chi connectivity index (χ3n) is 3.89. The number of rotatable bonds is 4. The molecular formula is C19H28N2O3S. The van der Waals surface area contributed by atoms with Crippen LogP contribution in [0, 0.1) is 0 Å². The number of hydrogen-bond acceptors (Lipinski definition) is 4. The molecule has 6 heteroatoms. The second-order valence-electron chi connectivity index (χ2n) is 8.08. The van der Waals surface area contributed by atoms with Gasteiger partial charge in [0.15, 0.2) is 11.5 Å². The van der Waals surface area contributed by atoms with Crippen LogP contribution < -0.4 is 4.67 Å². The number of allylic oxidation sites excluding steroid dienone is 1. The van der Waals surface area contributed by atoms with Gasteiger partial charge in [-0.1, -0.05) is 13.3 Å². The third kappa shape index (κ3) is 5.14.